The lowest BCUT2D eigenvalue weighted by Crippen LogP contribution is -2.14. The van der Waals surface area contributed by atoms with Gasteiger partial charge < -0.3 is 10.5 Å². The molecule has 0 amide bonds. The summed E-state index contributed by atoms with van der Waals surface area (Å²) in [5.41, 5.74) is 8.90. The zero-order chi connectivity index (χ0) is 13.9. The summed E-state index contributed by atoms with van der Waals surface area (Å²) in [6.45, 7) is 0. The topological polar surface area (TPSA) is 73.9 Å². The van der Waals surface area contributed by atoms with Gasteiger partial charge in [0.05, 0.1) is 24.4 Å². The highest BCUT2D eigenvalue weighted by Crippen LogP contribution is 2.25. The summed E-state index contributed by atoms with van der Waals surface area (Å²) in [4.78, 5) is 4.33. The van der Waals surface area contributed by atoms with Crippen molar-refractivity contribution in [3.8, 4) is 5.88 Å². The Kier molecular flexibility index (Phi) is 3.26. The van der Waals surface area contributed by atoms with E-state index in [2.05, 4.69) is 15.2 Å². The molecule has 1 aromatic carbocycles. The summed E-state index contributed by atoms with van der Waals surface area (Å²) in [6, 6.07) is 13.0. The lowest BCUT2D eigenvalue weighted by molar-refractivity contribution is 0.390. The predicted molar refractivity (Wildman–Crippen MR) is 76.4 cm³/mol. The van der Waals surface area contributed by atoms with E-state index in [1.54, 1.807) is 19.4 Å². The number of nitrogens with two attached hydrogens (primary N) is 1. The van der Waals surface area contributed by atoms with Crippen molar-refractivity contribution in [2.75, 3.05) is 7.11 Å². The highest BCUT2D eigenvalue weighted by atomic mass is 16.5. The maximum Gasteiger partial charge on any atom is 0.233 e. The number of nitrogens with zero attached hydrogens (tertiary/aromatic N) is 3. The molecule has 0 saturated carbocycles. The molecule has 1 unspecified atom stereocenters. The van der Waals surface area contributed by atoms with Gasteiger partial charge in [-0.15, -0.1) is 10.2 Å². The Bertz CT molecular complexity index is 722. The van der Waals surface area contributed by atoms with Crippen molar-refractivity contribution >= 4 is 10.9 Å². The van der Waals surface area contributed by atoms with Gasteiger partial charge in [-0.25, -0.2) is 0 Å². The normalized spacial score (nSPS) is 12.3. The first-order valence-electron chi connectivity index (χ1n) is 6.26. The van der Waals surface area contributed by atoms with Crippen LogP contribution in [-0.2, 0) is 0 Å². The van der Waals surface area contributed by atoms with E-state index >= 15 is 0 Å². The fourth-order valence-corrected chi connectivity index (χ4v) is 2.16. The number of benzene rings is 1. The summed E-state index contributed by atoms with van der Waals surface area (Å²) in [6.07, 6.45) is 1.77. The molecule has 0 radical (unpaired) electrons. The van der Waals surface area contributed by atoms with Crippen LogP contribution in [0.4, 0.5) is 0 Å². The van der Waals surface area contributed by atoms with Gasteiger partial charge in [0.1, 0.15) is 0 Å². The third kappa shape index (κ3) is 2.19. The second-order valence-electron chi connectivity index (χ2n) is 4.40. The van der Waals surface area contributed by atoms with Gasteiger partial charge in [-0.3, -0.25) is 4.98 Å². The first kappa shape index (κ1) is 12.5. The number of hydrogen-bond donors (Lipinski definition) is 1. The first-order valence-corrected chi connectivity index (χ1v) is 6.26. The van der Waals surface area contributed by atoms with E-state index in [4.69, 9.17) is 10.5 Å². The zero-order valence-electron chi connectivity index (χ0n) is 11.0. The number of hydrogen-bond acceptors (Lipinski definition) is 5. The number of ether oxygens (including phenoxy) is 1. The Morgan fingerprint density at radius 1 is 1.05 bits per heavy atom. The minimum Gasteiger partial charge on any atom is -0.480 e. The van der Waals surface area contributed by atoms with Crippen molar-refractivity contribution in [2.45, 2.75) is 6.04 Å². The van der Waals surface area contributed by atoms with E-state index in [-0.39, 0.29) is 6.04 Å². The van der Waals surface area contributed by atoms with Crippen molar-refractivity contribution in [3.05, 3.63) is 59.9 Å². The molecule has 100 valence electrons. The van der Waals surface area contributed by atoms with Crippen molar-refractivity contribution in [3.63, 3.8) is 0 Å². The van der Waals surface area contributed by atoms with Crippen molar-refractivity contribution in [1.29, 1.82) is 0 Å². The van der Waals surface area contributed by atoms with Gasteiger partial charge in [-0.05, 0) is 23.8 Å². The number of methoxy groups -OCH3 is 1. The van der Waals surface area contributed by atoms with Crippen LogP contribution >= 0.6 is 0 Å². The van der Waals surface area contributed by atoms with E-state index in [0.717, 1.165) is 16.5 Å². The SMILES string of the molecule is COc1ccc(C(N)c2cccc3ncccc23)nn1. The average Bonchev–Trinajstić information content (AvgIpc) is 2.54. The Morgan fingerprint density at radius 2 is 1.95 bits per heavy atom. The van der Waals surface area contributed by atoms with Crippen LogP contribution in [0.1, 0.15) is 17.3 Å². The summed E-state index contributed by atoms with van der Waals surface area (Å²) in [7, 11) is 1.56. The Hall–Kier alpha value is -2.53. The quantitative estimate of drug-likeness (QED) is 0.785. The lowest BCUT2D eigenvalue weighted by atomic mass is 9.99. The fourth-order valence-electron chi connectivity index (χ4n) is 2.16. The number of fused-ring (bicyclic) bond motifs is 1. The van der Waals surface area contributed by atoms with Gasteiger partial charge in [0.2, 0.25) is 5.88 Å². The Morgan fingerprint density at radius 3 is 2.70 bits per heavy atom. The average molecular weight is 266 g/mol. The highest BCUT2D eigenvalue weighted by Gasteiger charge is 2.14. The highest BCUT2D eigenvalue weighted by molar-refractivity contribution is 5.82. The van der Waals surface area contributed by atoms with Crippen LogP contribution in [0.5, 0.6) is 5.88 Å². The molecule has 0 aliphatic heterocycles. The molecular weight excluding hydrogens is 252 g/mol. The molecule has 3 aromatic rings. The Balaban J connectivity index is 2.05. The monoisotopic (exact) mass is 266 g/mol. The summed E-state index contributed by atoms with van der Waals surface area (Å²) < 4.78 is 5.00. The van der Waals surface area contributed by atoms with Gasteiger partial charge in [0.25, 0.3) is 0 Å². The maximum atomic E-state index is 6.30. The number of aromatic nitrogens is 3. The third-order valence-electron chi connectivity index (χ3n) is 3.20. The van der Waals surface area contributed by atoms with E-state index in [0.29, 0.717) is 11.6 Å². The molecule has 20 heavy (non-hydrogen) atoms. The van der Waals surface area contributed by atoms with Gasteiger partial charge >= 0.3 is 0 Å². The molecular formula is C15H14N4O. The lowest BCUT2D eigenvalue weighted by Gasteiger charge is -2.13. The van der Waals surface area contributed by atoms with Gasteiger partial charge in [-0.2, -0.15) is 0 Å². The molecule has 0 fully saturated rings. The van der Waals surface area contributed by atoms with Crippen molar-refractivity contribution in [1.82, 2.24) is 15.2 Å². The minimum absolute atomic E-state index is 0.346. The minimum atomic E-state index is -0.346. The molecule has 0 bridgehead atoms. The van der Waals surface area contributed by atoms with Gasteiger partial charge in [-0.1, -0.05) is 18.2 Å². The fraction of sp³-hybridized carbons (Fsp3) is 0.133. The first-order chi connectivity index (χ1) is 9.79. The Labute approximate surface area is 116 Å². The van der Waals surface area contributed by atoms with Gasteiger partial charge in [0.15, 0.2) is 0 Å². The largest absolute Gasteiger partial charge is 0.480 e. The van der Waals surface area contributed by atoms with Crippen LogP contribution in [-0.4, -0.2) is 22.3 Å². The van der Waals surface area contributed by atoms with Crippen LogP contribution < -0.4 is 10.5 Å². The van der Waals surface area contributed by atoms with Crippen LogP contribution in [0.15, 0.2) is 48.7 Å². The summed E-state index contributed by atoms with van der Waals surface area (Å²) >= 11 is 0. The second kappa shape index (κ2) is 5.22. The van der Waals surface area contributed by atoms with Gasteiger partial charge in [0, 0.05) is 17.6 Å². The molecule has 2 N–H and O–H groups in total. The molecule has 2 heterocycles. The molecule has 0 aliphatic carbocycles. The number of pyridine rings is 1. The molecule has 0 aliphatic rings. The van der Waals surface area contributed by atoms with Crippen LogP contribution in [0.25, 0.3) is 10.9 Å². The van der Waals surface area contributed by atoms with E-state index < -0.39 is 0 Å². The van der Waals surface area contributed by atoms with Crippen LogP contribution in [0.2, 0.25) is 0 Å². The summed E-state index contributed by atoms with van der Waals surface area (Å²) in [5, 5.41) is 9.10. The third-order valence-corrected chi connectivity index (χ3v) is 3.20. The molecule has 2 aromatic heterocycles. The van der Waals surface area contributed by atoms with E-state index in [9.17, 15) is 0 Å². The molecule has 3 rings (SSSR count). The molecule has 0 saturated heterocycles. The smallest absolute Gasteiger partial charge is 0.233 e. The van der Waals surface area contributed by atoms with E-state index in [1.165, 1.54) is 0 Å². The standard InChI is InChI=1S/C15H14N4O/c1-20-14-8-7-13(18-19-14)15(16)11-4-2-6-12-10(11)5-3-9-17-12/h2-9,15H,16H2,1H3. The van der Waals surface area contributed by atoms with Crippen LogP contribution in [0.3, 0.4) is 0 Å². The zero-order valence-corrected chi connectivity index (χ0v) is 11.0. The summed E-state index contributed by atoms with van der Waals surface area (Å²) in [5.74, 6) is 0.473. The molecule has 1 atom stereocenters. The van der Waals surface area contributed by atoms with Crippen molar-refractivity contribution < 1.29 is 4.74 Å². The van der Waals surface area contributed by atoms with Crippen molar-refractivity contribution in [2.24, 2.45) is 5.73 Å². The van der Waals surface area contributed by atoms with E-state index in [1.807, 2.05) is 36.4 Å². The second-order valence-corrected chi connectivity index (χ2v) is 4.40. The molecule has 0 spiro atoms. The predicted octanol–water partition coefficient (Wildman–Crippen LogP) is 2.08. The molecule has 5 nitrogen and oxygen atoms in total. The number of rotatable bonds is 3. The maximum absolute atomic E-state index is 6.30. The van der Waals surface area contributed by atoms with Crippen LogP contribution in [0, 0.1) is 0 Å². The molecule has 5 heteroatoms.